The highest BCUT2D eigenvalue weighted by Gasteiger charge is 2.29. The number of benzene rings is 1. The number of hydrogen-bond acceptors (Lipinski definition) is 5. The van der Waals surface area contributed by atoms with E-state index in [-0.39, 0.29) is 11.9 Å². The van der Waals surface area contributed by atoms with Gasteiger partial charge in [-0.05, 0) is 48.9 Å². The number of amides is 1. The minimum absolute atomic E-state index is 0.164. The molecule has 28 heavy (non-hydrogen) atoms. The molecule has 0 spiro atoms. The topological polar surface area (TPSA) is 49.3 Å². The third kappa shape index (κ3) is 3.84. The van der Waals surface area contributed by atoms with Crippen molar-refractivity contribution in [2.24, 2.45) is 0 Å². The first-order valence-electron chi connectivity index (χ1n) is 9.67. The van der Waals surface area contributed by atoms with Crippen LogP contribution in [0.15, 0.2) is 42.0 Å². The lowest BCUT2D eigenvalue weighted by molar-refractivity contribution is 0.0655. The molecule has 1 aliphatic heterocycles. The van der Waals surface area contributed by atoms with Crippen molar-refractivity contribution in [1.82, 2.24) is 14.9 Å². The smallest absolute Gasteiger partial charge is 0.264 e. The summed E-state index contributed by atoms with van der Waals surface area (Å²) >= 11 is 7.62. The van der Waals surface area contributed by atoms with E-state index in [9.17, 15) is 4.79 Å². The van der Waals surface area contributed by atoms with Crippen molar-refractivity contribution >= 4 is 45.6 Å². The SMILES string of the molecule is CCCN(C(=O)c1cccs1)C1CCN(c2ncnc3cc(Cl)ccc23)CC1. The van der Waals surface area contributed by atoms with Crippen LogP contribution in [-0.4, -0.2) is 46.5 Å². The van der Waals surface area contributed by atoms with Crippen LogP contribution < -0.4 is 4.90 Å². The maximum absolute atomic E-state index is 12.9. The molecule has 0 bridgehead atoms. The molecule has 5 nitrogen and oxygen atoms in total. The molecular formula is C21H23ClN4OS. The fraction of sp³-hybridized carbons (Fsp3) is 0.381. The standard InChI is InChI=1S/C21H23ClN4OS/c1-2-9-26(21(27)19-4-3-12-28-19)16-7-10-25(11-8-16)20-17-6-5-15(22)13-18(17)23-14-24-20/h3-6,12-14,16H,2,7-11H2,1H3. The van der Waals surface area contributed by atoms with Gasteiger partial charge < -0.3 is 9.80 Å². The molecule has 0 aliphatic carbocycles. The van der Waals surface area contributed by atoms with Crippen LogP contribution in [0.25, 0.3) is 10.9 Å². The molecule has 3 heterocycles. The number of fused-ring (bicyclic) bond motifs is 1. The Kier molecular flexibility index (Phi) is 5.78. The number of nitrogens with zero attached hydrogens (tertiary/aromatic N) is 4. The third-order valence-electron chi connectivity index (χ3n) is 5.24. The largest absolute Gasteiger partial charge is 0.356 e. The predicted molar refractivity (Wildman–Crippen MR) is 115 cm³/mol. The molecule has 1 fully saturated rings. The molecule has 2 aromatic heterocycles. The molecule has 0 atom stereocenters. The fourth-order valence-corrected chi connectivity index (χ4v) is 4.74. The highest BCUT2D eigenvalue weighted by atomic mass is 35.5. The lowest BCUT2D eigenvalue weighted by Crippen LogP contribution is -2.47. The Balaban J connectivity index is 1.50. The van der Waals surface area contributed by atoms with Crippen molar-refractivity contribution in [2.75, 3.05) is 24.5 Å². The van der Waals surface area contributed by atoms with Gasteiger partial charge in [-0.1, -0.05) is 24.6 Å². The van der Waals surface area contributed by atoms with Crippen LogP contribution in [0.5, 0.6) is 0 Å². The van der Waals surface area contributed by atoms with Crippen molar-refractivity contribution < 1.29 is 4.79 Å². The minimum atomic E-state index is 0.164. The fourth-order valence-electron chi connectivity index (χ4n) is 3.89. The van der Waals surface area contributed by atoms with Gasteiger partial charge in [-0.15, -0.1) is 11.3 Å². The van der Waals surface area contributed by atoms with Gasteiger partial charge in [-0.2, -0.15) is 0 Å². The number of carbonyl (C=O) groups is 1. The monoisotopic (exact) mass is 414 g/mol. The van der Waals surface area contributed by atoms with Crippen LogP contribution in [0.2, 0.25) is 5.02 Å². The van der Waals surface area contributed by atoms with Crippen molar-refractivity contribution in [3.8, 4) is 0 Å². The first-order chi connectivity index (χ1) is 13.7. The number of halogens is 1. The zero-order chi connectivity index (χ0) is 19.5. The number of carbonyl (C=O) groups excluding carboxylic acids is 1. The number of hydrogen-bond donors (Lipinski definition) is 0. The normalized spacial score (nSPS) is 15.1. The summed E-state index contributed by atoms with van der Waals surface area (Å²) in [6, 6.07) is 9.88. The van der Waals surface area contributed by atoms with Gasteiger partial charge >= 0.3 is 0 Å². The quantitative estimate of drug-likeness (QED) is 0.597. The van der Waals surface area contributed by atoms with Gasteiger partial charge in [0.15, 0.2) is 0 Å². The third-order valence-corrected chi connectivity index (χ3v) is 6.33. The van der Waals surface area contributed by atoms with E-state index < -0.39 is 0 Å². The van der Waals surface area contributed by atoms with E-state index in [4.69, 9.17) is 11.6 Å². The first-order valence-corrected chi connectivity index (χ1v) is 10.9. The molecule has 1 aliphatic rings. The zero-order valence-electron chi connectivity index (χ0n) is 15.8. The van der Waals surface area contributed by atoms with E-state index in [0.717, 1.165) is 60.5 Å². The summed E-state index contributed by atoms with van der Waals surface area (Å²) in [7, 11) is 0. The number of rotatable bonds is 5. The van der Waals surface area contributed by atoms with Gasteiger partial charge in [0, 0.05) is 36.1 Å². The average molecular weight is 415 g/mol. The summed E-state index contributed by atoms with van der Waals surface area (Å²) < 4.78 is 0. The Hall–Kier alpha value is -2.18. The highest BCUT2D eigenvalue weighted by Crippen LogP contribution is 2.29. The summed E-state index contributed by atoms with van der Waals surface area (Å²) in [5.74, 6) is 1.11. The van der Waals surface area contributed by atoms with Gasteiger partial charge in [0.05, 0.1) is 10.4 Å². The molecule has 1 aromatic carbocycles. The molecule has 7 heteroatoms. The lowest BCUT2D eigenvalue weighted by Gasteiger charge is -2.39. The van der Waals surface area contributed by atoms with E-state index in [1.54, 1.807) is 6.33 Å². The van der Waals surface area contributed by atoms with Gasteiger partial charge in [-0.3, -0.25) is 4.79 Å². The van der Waals surface area contributed by atoms with Gasteiger partial charge in [0.1, 0.15) is 12.1 Å². The van der Waals surface area contributed by atoms with Crippen LogP contribution in [-0.2, 0) is 0 Å². The first kappa shape index (κ1) is 19.2. The number of thiophene rings is 1. The van der Waals surface area contributed by atoms with Gasteiger partial charge in [-0.25, -0.2) is 9.97 Å². The maximum Gasteiger partial charge on any atom is 0.264 e. The predicted octanol–water partition coefficient (Wildman–Crippen LogP) is 4.87. The molecule has 0 unspecified atom stereocenters. The Morgan fingerprint density at radius 2 is 2.11 bits per heavy atom. The van der Waals surface area contributed by atoms with Crippen LogP contribution in [0.3, 0.4) is 0 Å². The van der Waals surface area contributed by atoms with Crippen LogP contribution in [0, 0.1) is 0 Å². The van der Waals surface area contributed by atoms with E-state index in [2.05, 4.69) is 26.7 Å². The van der Waals surface area contributed by atoms with E-state index in [0.29, 0.717) is 5.02 Å². The van der Waals surface area contributed by atoms with Gasteiger partial charge in [0.2, 0.25) is 0 Å². The second kappa shape index (κ2) is 8.45. The van der Waals surface area contributed by atoms with Crippen LogP contribution in [0.1, 0.15) is 35.9 Å². The Labute approximate surface area is 174 Å². The van der Waals surface area contributed by atoms with Crippen LogP contribution in [0.4, 0.5) is 5.82 Å². The summed E-state index contributed by atoms with van der Waals surface area (Å²) in [6.45, 7) is 4.67. The second-order valence-corrected chi connectivity index (χ2v) is 8.44. The van der Waals surface area contributed by atoms with Gasteiger partial charge in [0.25, 0.3) is 5.91 Å². The highest BCUT2D eigenvalue weighted by molar-refractivity contribution is 7.12. The average Bonchev–Trinajstić information content (AvgIpc) is 3.26. The van der Waals surface area contributed by atoms with Crippen molar-refractivity contribution in [3.63, 3.8) is 0 Å². The zero-order valence-corrected chi connectivity index (χ0v) is 17.4. The summed E-state index contributed by atoms with van der Waals surface area (Å²) in [5.41, 5.74) is 0.861. The van der Waals surface area contributed by atoms with E-state index in [1.807, 2.05) is 35.7 Å². The van der Waals surface area contributed by atoms with Crippen LogP contribution >= 0.6 is 22.9 Å². The molecule has 4 rings (SSSR count). The van der Waals surface area contributed by atoms with Crippen molar-refractivity contribution in [2.45, 2.75) is 32.2 Å². The number of anilines is 1. The van der Waals surface area contributed by atoms with E-state index in [1.165, 1.54) is 11.3 Å². The van der Waals surface area contributed by atoms with Crippen molar-refractivity contribution in [3.05, 3.63) is 51.9 Å². The summed E-state index contributed by atoms with van der Waals surface area (Å²) in [4.78, 5) is 27.0. The maximum atomic E-state index is 12.9. The molecular weight excluding hydrogens is 392 g/mol. The van der Waals surface area contributed by atoms with E-state index >= 15 is 0 Å². The molecule has 1 amide bonds. The Morgan fingerprint density at radius 3 is 2.82 bits per heavy atom. The molecule has 0 radical (unpaired) electrons. The summed E-state index contributed by atoms with van der Waals surface area (Å²) in [6.07, 6.45) is 4.45. The molecule has 146 valence electrons. The number of aromatic nitrogens is 2. The summed E-state index contributed by atoms with van der Waals surface area (Å²) in [5, 5.41) is 3.66. The molecule has 1 saturated heterocycles. The number of piperidine rings is 1. The second-order valence-electron chi connectivity index (χ2n) is 7.05. The Bertz CT molecular complexity index is 954. The molecule has 0 N–H and O–H groups in total. The Morgan fingerprint density at radius 1 is 1.29 bits per heavy atom. The molecule has 3 aromatic rings. The lowest BCUT2D eigenvalue weighted by atomic mass is 10.0. The van der Waals surface area contributed by atoms with Crippen molar-refractivity contribution in [1.29, 1.82) is 0 Å². The minimum Gasteiger partial charge on any atom is -0.356 e. The molecule has 0 saturated carbocycles.